The minimum absolute atomic E-state index is 0.149. The molecule has 0 aliphatic carbocycles. The van der Waals surface area contributed by atoms with Gasteiger partial charge in [0, 0.05) is 6.07 Å². The molecule has 1 N–H and O–H groups in total. The van der Waals surface area contributed by atoms with E-state index in [2.05, 4.69) is 0 Å². The molecule has 0 unspecified atom stereocenters. The van der Waals surface area contributed by atoms with Crippen molar-refractivity contribution in [2.24, 2.45) is 0 Å². The summed E-state index contributed by atoms with van der Waals surface area (Å²) < 4.78 is 35.9. The lowest BCUT2D eigenvalue weighted by molar-refractivity contribution is 0.0454. The van der Waals surface area contributed by atoms with E-state index in [9.17, 15) is 8.42 Å². The van der Waals surface area contributed by atoms with Gasteiger partial charge in [-0.15, -0.1) is 0 Å². The Morgan fingerprint density at radius 2 is 1.81 bits per heavy atom. The van der Waals surface area contributed by atoms with Crippen LogP contribution in [-0.4, -0.2) is 32.8 Å². The van der Waals surface area contributed by atoms with Crippen LogP contribution in [0, 0.1) is 0 Å². The SMILES string of the molecule is O=S(=O)(c1ccccc1)c1ccc2c(c1)OC[C@@H](CO)O2. The summed E-state index contributed by atoms with van der Waals surface area (Å²) in [4.78, 5) is 0.383. The van der Waals surface area contributed by atoms with Crippen molar-refractivity contribution in [3.05, 3.63) is 48.5 Å². The van der Waals surface area contributed by atoms with Crippen LogP contribution in [0.25, 0.3) is 0 Å². The smallest absolute Gasteiger partial charge is 0.206 e. The fourth-order valence-corrected chi connectivity index (χ4v) is 3.38. The van der Waals surface area contributed by atoms with E-state index in [4.69, 9.17) is 14.6 Å². The van der Waals surface area contributed by atoms with Crippen LogP contribution in [0.15, 0.2) is 58.3 Å². The largest absolute Gasteiger partial charge is 0.486 e. The Hall–Kier alpha value is -2.05. The third-order valence-electron chi connectivity index (χ3n) is 3.20. The maximum Gasteiger partial charge on any atom is 0.206 e. The molecule has 110 valence electrons. The van der Waals surface area contributed by atoms with Gasteiger partial charge in [-0.1, -0.05) is 18.2 Å². The molecule has 1 aliphatic heterocycles. The maximum atomic E-state index is 12.5. The topological polar surface area (TPSA) is 72.8 Å². The summed E-state index contributed by atoms with van der Waals surface area (Å²) in [6.07, 6.45) is -0.422. The fourth-order valence-electron chi connectivity index (χ4n) is 2.09. The van der Waals surface area contributed by atoms with Gasteiger partial charge < -0.3 is 14.6 Å². The van der Waals surface area contributed by atoms with Crippen LogP contribution >= 0.6 is 0 Å². The standard InChI is InChI=1S/C15H14O5S/c16-9-11-10-19-15-8-13(6-7-14(15)20-11)21(17,18)12-4-2-1-3-5-12/h1-8,11,16H,9-10H2/t11-/m1/s1. The van der Waals surface area contributed by atoms with Crippen LogP contribution < -0.4 is 9.47 Å². The molecule has 6 heteroatoms. The zero-order valence-electron chi connectivity index (χ0n) is 11.1. The summed E-state index contributed by atoms with van der Waals surface area (Å²) in [5.41, 5.74) is 0. The van der Waals surface area contributed by atoms with Crippen LogP contribution in [0.5, 0.6) is 11.5 Å². The lowest BCUT2D eigenvalue weighted by Gasteiger charge is -2.25. The molecule has 3 rings (SSSR count). The molecule has 0 aromatic heterocycles. The number of fused-ring (bicyclic) bond motifs is 1. The number of sulfone groups is 1. The summed E-state index contributed by atoms with van der Waals surface area (Å²) in [7, 11) is -3.58. The molecule has 1 aliphatic rings. The van der Waals surface area contributed by atoms with E-state index >= 15 is 0 Å². The van der Waals surface area contributed by atoms with Gasteiger partial charge >= 0.3 is 0 Å². The first-order valence-electron chi connectivity index (χ1n) is 6.46. The first-order valence-corrected chi connectivity index (χ1v) is 7.94. The summed E-state index contributed by atoms with van der Waals surface area (Å²) >= 11 is 0. The fraction of sp³-hybridized carbons (Fsp3) is 0.200. The molecule has 0 bridgehead atoms. The third-order valence-corrected chi connectivity index (χ3v) is 4.97. The minimum atomic E-state index is -3.58. The number of benzene rings is 2. The highest BCUT2D eigenvalue weighted by molar-refractivity contribution is 7.91. The van der Waals surface area contributed by atoms with Crippen LogP contribution in [-0.2, 0) is 9.84 Å². The Labute approximate surface area is 122 Å². The number of hydrogen-bond donors (Lipinski definition) is 1. The van der Waals surface area contributed by atoms with E-state index in [0.29, 0.717) is 11.5 Å². The van der Waals surface area contributed by atoms with Crippen LogP contribution in [0.2, 0.25) is 0 Å². The van der Waals surface area contributed by atoms with Crippen molar-refractivity contribution in [3.8, 4) is 11.5 Å². The number of aliphatic hydroxyl groups excluding tert-OH is 1. The molecule has 0 spiro atoms. The van der Waals surface area contributed by atoms with E-state index in [1.54, 1.807) is 36.4 Å². The average Bonchev–Trinajstić information content (AvgIpc) is 2.54. The highest BCUT2D eigenvalue weighted by Crippen LogP contribution is 2.35. The Kier molecular flexibility index (Phi) is 3.57. The first kappa shape index (κ1) is 13.9. The highest BCUT2D eigenvalue weighted by atomic mass is 32.2. The van der Waals surface area contributed by atoms with Crippen molar-refractivity contribution in [1.29, 1.82) is 0 Å². The molecule has 2 aromatic rings. The van der Waals surface area contributed by atoms with Gasteiger partial charge in [-0.3, -0.25) is 0 Å². The summed E-state index contributed by atoms with van der Waals surface area (Å²) in [5, 5.41) is 9.05. The molecule has 0 fully saturated rings. The zero-order valence-corrected chi connectivity index (χ0v) is 11.9. The van der Waals surface area contributed by atoms with Crippen molar-refractivity contribution < 1.29 is 23.0 Å². The molecular weight excluding hydrogens is 292 g/mol. The highest BCUT2D eigenvalue weighted by Gasteiger charge is 2.24. The predicted octanol–water partition coefficient (Wildman–Crippen LogP) is 1.65. The van der Waals surface area contributed by atoms with Crippen molar-refractivity contribution in [2.45, 2.75) is 15.9 Å². The van der Waals surface area contributed by atoms with Crippen molar-refractivity contribution in [2.75, 3.05) is 13.2 Å². The molecule has 21 heavy (non-hydrogen) atoms. The number of rotatable bonds is 3. The van der Waals surface area contributed by atoms with Gasteiger partial charge in [-0.05, 0) is 24.3 Å². The van der Waals surface area contributed by atoms with Crippen LogP contribution in [0.4, 0.5) is 0 Å². The second-order valence-electron chi connectivity index (χ2n) is 4.66. The minimum Gasteiger partial charge on any atom is -0.486 e. The predicted molar refractivity (Wildman–Crippen MR) is 75.3 cm³/mol. The van der Waals surface area contributed by atoms with E-state index in [-0.39, 0.29) is 23.0 Å². The Balaban J connectivity index is 1.98. The molecule has 0 saturated heterocycles. The lowest BCUT2D eigenvalue weighted by atomic mass is 10.2. The average molecular weight is 306 g/mol. The number of ether oxygens (including phenoxy) is 2. The molecule has 1 atom stereocenters. The summed E-state index contributed by atoms with van der Waals surface area (Å²) in [5.74, 6) is 0.809. The monoisotopic (exact) mass is 306 g/mol. The Morgan fingerprint density at radius 1 is 1.05 bits per heavy atom. The molecule has 2 aromatic carbocycles. The third kappa shape index (κ3) is 2.59. The summed E-state index contributed by atoms with van der Waals surface area (Å²) in [6, 6.07) is 12.7. The van der Waals surface area contributed by atoms with E-state index < -0.39 is 15.9 Å². The van der Waals surface area contributed by atoms with Gasteiger partial charge in [-0.2, -0.15) is 0 Å². The Morgan fingerprint density at radius 3 is 2.52 bits per heavy atom. The number of hydrogen-bond acceptors (Lipinski definition) is 5. The second-order valence-corrected chi connectivity index (χ2v) is 6.61. The van der Waals surface area contributed by atoms with Crippen molar-refractivity contribution in [3.63, 3.8) is 0 Å². The van der Waals surface area contributed by atoms with Gasteiger partial charge in [0.25, 0.3) is 0 Å². The summed E-state index contributed by atoms with van der Waals surface area (Å²) in [6.45, 7) is 0.0435. The normalized spacial score (nSPS) is 17.5. The quantitative estimate of drug-likeness (QED) is 0.933. The van der Waals surface area contributed by atoms with Crippen molar-refractivity contribution >= 4 is 9.84 Å². The lowest BCUT2D eigenvalue weighted by Crippen LogP contribution is -2.32. The molecule has 5 nitrogen and oxygen atoms in total. The van der Waals surface area contributed by atoms with Gasteiger partial charge in [0.1, 0.15) is 6.61 Å². The van der Waals surface area contributed by atoms with Gasteiger partial charge in [0.2, 0.25) is 9.84 Å². The van der Waals surface area contributed by atoms with Crippen LogP contribution in [0.3, 0.4) is 0 Å². The Bertz CT molecular complexity index is 740. The van der Waals surface area contributed by atoms with E-state index in [0.717, 1.165) is 0 Å². The number of aliphatic hydroxyl groups is 1. The van der Waals surface area contributed by atoms with E-state index in [1.165, 1.54) is 12.1 Å². The second kappa shape index (κ2) is 5.38. The van der Waals surface area contributed by atoms with Gasteiger partial charge in [0.15, 0.2) is 17.6 Å². The molecular formula is C15H14O5S. The molecule has 0 amide bonds. The van der Waals surface area contributed by atoms with Crippen LogP contribution in [0.1, 0.15) is 0 Å². The van der Waals surface area contributed by atoms with Crippen molar-refractivity contribution in [1.82, 2.24) is 0 Å². The molecule has 0 saturated carbocycles. The van der Waals surface area contributed by atoms with Gasteiger partial charge in [-0.25, -0.2) is 8.42 Å². The molecule has 1 heterocycles. The molecule has 0 radical (unpaired) electrons. The maximum absolute atomic E-state index is 12.5. The van der Waals surface area contributed by atoms with Gasteiger partial charge in [0.05, 0.1) is 16.4 Å². The zero-order chi connectivity index (χ0) is 14.9. The first-order chi connectivity index (χ1) is 10.1. The van der Waals surface area contributed by atoms with E-state index in [1.807, 2.05) is 0 Å².